The Balaban J connectivity index is 0.000000238. The summed E-state index contributed by atoms with van der Waals surface area (Å²) in [6.07, 6.45) is 2.38. The van der Waals surface area contributed by atoms with E-state index in [1.807, 2.05) is 30.3 Å². The maximum atomic E-state index is 12.6. The highest BCUT2D eigenvalue weighted by atomic mass is 35.5. The predicted octanol–water partition coefficient (Wildman–Crippen LogP) is 6.09. The third-order valence-corrected chi connectivity index (χ3v) is 3.13. The number of rotatable bonds is 3. The van der Waals surface area contributed by atoms with E-state index in [4.69, 9.17) is 11.6 Å². The summed E-state index contributed by atoms with van der Waals surface area (Å²) in [5, 5.41) is 0. The second kappa shape index (κ2) is 8.48. The fourth-order valence-corrected chi connectivity index (χ4v) is 1.72. The Morgan fingerprint density at radius 1 is 0.739 bits per heavy atom. The van der Waals surface area contributed by atoms with Crippen LogP contribution >= 0.6 is 11.6 Å². The Hall–Kier alpha value is -2.14. The zero-order valence-corrected chi connectivity index (χ0v) is 12.6. The summed E-state index contributed by atoms with van der Waals surface area (Å²) in [5.41, 5.74) is 1.26. The van der Waals surface area contributed by atoms with Gasteiger partial charge >= 0.3 is 0 Å². The molecule has 122 valence electrons. The summed E-state index contributed by atoms with van der Waals surface area (Å²) in [7, 11) is 0. The fraction of sp³-hybridized carbons (Fsp3) is 0.0588. The van der Waals surface area contributed by atoms with Crippen molar-refractivity contribution in [3.05, 3.63) is 83.2 Å². The Bertz CT molecular complexity index is 679. The van der Waals surface area contributed by atoms with Crippen molar-refractivity contribution in [1.29, 1.82) is 0 Å². The van der Waals surface area contributed by atoms with Gasteiger partial charge in [-0.1, -0.05) is 49.6 Å². The molecule has 0 saturated heterocycles. The molecule has 0 heterocycles. The van der Waals surface area contributed by atoms with Crippen molar-refractivity contribution >= 4 is 23.8 Å². The van der Waals surface area contributed by atoms with E-state index in [2.05, 4.69) is 13.2 Å². The average Bonchev–Trinajstić information content (AvgIpc) is 2.59. The first-order valence-electron chi connectivity index (χ1n) is 6.28. The second-order valence-corrected chi connectivity index (χ2v) is 4.53. The molecule has 23 heavy (non-hydrogen) atoms. The normalized spacial score (nSPS) is 9.83. The van der Waals surface area contributed by atoms with Crippen LogP contribution in [0.25, 0.3) is 12.2 Å². The van der Waals surface area contributed by atoms with Crippen LogP contribution in [0, 0.1) is 29.1 Å². The van der Waals surface area contributed by atoms with Gasteiger partial charge < -0.3 is 0 Å². The van der Waals surface area contributed by atoms with Crippen molar-refractivity contribution in [2.75, 3.05) is 0 Å². The lowest BCUT2D eigenvalue weighted by Crippen LogP contribution is -2.03. The predicted molar refractivity (Wildman–Crippen MR) is 82.4 cm³/mol. The molecule has 0 radical (unpaired) electrons. The molecule has 0 bridgehead atoms. The van der Waals surface area contributed by atoms with Gasteiger partial charge in [0.25, 0.3) is 0 Å². The van der Waals surface area contributed by atoms with Crippen LogP contribution in [0.3, 0.4) is 0 Å². The minimum atomic E-state index is -2.17. The standard InChI is InChI=1S/C9H9Cl.C8H3F5/c1-2-8-3-5-9(7-10)6-4-8;1-2-3-4(9)6(11)8(13)7(12)5(3)10/h2-6H,1,7H2;2H,1H2. The number of alkyl halides is 1. The molecule has 2 aromatic carbocycles. The van der Waals surface area contributed by atoms with E-state index in [1.54, 1.807) is 0 Å². The third-order valence-electron chi connectivity index (χ3n) is 2.82. The first-order chi connectivity index (χ1) is 10.9. The molecule has 0 amide bonds. The molecular weight excluding hydrogens is 335 g/mol. The van der Waals surface area contributed by atoms with Crippen molar-refractivity contribution in [2.45, 2.75) is 5.88 Å². The van der Waals surface area contributed by atoms with Gasteiger partial charge in [-0.05, 0) is 11.1 Å². The maximum Gasteiger partial charge on any atom is 0.200 e. The summed E-state index contributed by atoms with van der Waals surface area (Å²) >= 11 is 5.60. The van der Waals surface area contributed by atoms with Crippen LogP contribution in [0.15, 0.2) is 37.4 Å². The van der Waals surface area contributed by atoms with Crippen molar-refractivity contribution in [2.24, 2.45) is 0 Å². The molecule has 0 atom stereocenters. The summed E-state index contributed by atoms with van der Waals surface area (Å²) in [6.45, 7) is 6.58. The van der Waals surface area contributed by atoms with Gasteiger partial charge in [0.05, 0.1) is 5.56 Å². The monoisotopic (exact) mass is 346 g/mol. The molecule has 0 aliphatic heterocycles. The lowest BCUT2D eigenvalue weighted by Gasteiger charge is -2.02. The second-order valence-electron chi connectivity index (χ2n) is 4.27. The van der Waals surface area contributed by atoms with E-state index in [9.17, 15) is 22.0 Å². The number of hydrogen-bond donors (Lipinski definition) is 0. The lowest BCUT2D eigenvalue weighted by molar-refractivity contribution is 0.377. The van der Waals surface area contributed by atoms with E-state index >= 15 is 0 Å². The van der Waals surface area contributed by atoms with Crippen LogP contribution in [0.4, 0.5) is 22.0 Å². The van der Waals surface area contributed by atoms with Crippen molar-refractivity contribution in [3.8, 4) is 0 Å². The van der Waals surface area contributed by atoms with Gasteiger partial charge in [0.2, 0.25) is 5.82 Å². The van der Waals surface area contributed by atoms with Crippen LogP contribution in [0.5, 0.6) is 0 Å². The van der Waals surface area contributed by atoms with Gasteiger partial charge in [-0.2, -0.15) is 0 Å². The van der Waals surface area contributed by atoms with Gasteiger partial charge in [-0.25, -0.2) is 22.0 Å². The molecule has 0 unspecified atom stereocenters. The largest absolute Gasteiger partial charge is 0.203 e. The molecule has 0 aliphatic carbocycles. The van der Waals surface area contributed by atoms with E-state index in [-0.39, 0.29) is 0 Å². The van der Waals surface area contributed by atoms with E-state index < -0.39 is 34.6 Å². The molecule has 0 N–H and O–H groups in total. The number of benzene rings is 2. The Morgan fingerprint density at radius 2 is 1.17 bits per heavy atom. The van der Waals surface area contributed by atoms with Crippen molar-refractivity contribution in [3.63, 3.8) is 0 Å². The minimum Gasteiger partial charge on any atom is -0.203 e. The van der Waals surface area contributed by atoms with Crippen molar-refractivity contribution in [1.82, 2.24) is 0 Å². The molecule has 0 saturated carbocycles. The molecule has 0 spiro atoms. The Labute approximate surface area is 135 Å². The molecule has 0 fully saturated rings. The van der Waals surface area contributed by atoms with Gasteiger partial charge in [0.15, 0.2) is 23.3 Å². The van der Waals surface area contributed by atoms with Crippen molar-refractivity contribution < 1.29 is 22.0 Å². The molecule has 2 rings (SSSR count). The van der Waals surface area contributed by atoms with Crippen LogP contribution in [-0.4, -0.2) is 0 Å². The maximum absolute atomic E-state index is 12.6. The van der Waals surface area contributed by atoms with E-state index in [0.29, 0.717) is 12.0 Å². The van der Waals surface area contributed by atoms with Crippen LogP contribution in [0.1, 0.15) is 16.7 Å². The first kappa shape index (κ1) is 18.9. The summed E-state index contributed by atoms with van der Waals surface area (Å²) in [6, 6.07) is 8.02. The van der Waals surface area contributed by atoms with Gasteiger partial charge in [0.1, 0.15) is 0 Å². The molecule has 2 aromatic rings. The quantitative estimate of drug-likeness (QED) is 0.273. The summed E-state index contributed by atoms with van der Waals surface area (Å²) in [4.78, 5) is 0. The highest BCUT2D eigenvalue weighted by Crippen LogP contribution is 2.23. The van der Waals surface area contributed by atoms with Gasteiger partial charge in [0, 0.05) is 5.88 Å². The highest BCUT2D eigenvalue weighted by molar-refractivity contribution is 6.17. The van der Waals surface area contributed by atoms with Crippen LogP contribution in [0.2, 0.25) is 0 Å². The lowest BCUT2D eigenvalue weighted by atomic mass is 10.1. The van der Waals surface area contributed by atoms with E-state index in [0.717, 1.165) is 11.1 Å². The summed E-state index contributed by atoms with van der Waals surface area (Å²) < 4.78 is 62.4. The molecule has 0 aromatic heterocycles. The smallest absolute Gasteiger partial charge is 0.200 e. The van der Waals surface area contributed by atoms with E-state index in [1.165, 1.54) is 0 Å². The number of halogens is 6. The zero-order chi connectivity index (χ0) is 17.6. The fourth-order valence-electron chi connectivity index (χ4n) is 1.54. The number of hydrogen-bond acceptors (Lipinski definition) is 0. The SMILES string of the molecule is C=Cc1c(F)c(F)c(F)c(F)c1F.C=Cc1ccc(CCl)cc1. The molecule has 0 aliphatic rings. The van der Waals surface area contributed by atoms with Gasteiger partial charge in [-0.3, -0.25) is 0 Å². The first-order valence-corrected chi connectivity index (χ1v) is 6.82. The third kappa shape index (κ3) is 4.42. The Kier molecular flexibility index (Phi) is 6.97. The van der Waals surface area contributed by atoms with Crippen LogP contribution in [-0.2, 0) is 5.88 Å². The summed E-state index contributed by atoms with van der Waals surface area (Å²) in [5.74, 6) is -9.25. The molecular formula is C17H12ClF5. The minimum absolute atomic E-state index is 0.566. The van der Waals surface area contributed by atoms with Gasteiger partial charge in [-0.15, -0.1) is 11.6 Å². The zero-order valence-electron chi connectivity index (χ0n) is 11.9. The highest BCUT2D eigenvalue weighted by Gasteiger charge is 2.23. The molecule has 6 heteroatoms. The molecule has 0 nitrogen and oxygen atoms in total. The Morgan fingerprint density at radius 3 is 1.52 bits per heavy atom. The topological polar surface area (TPSA) is 0 Å². The van der Waals surface area contributed by atoms with Crippen LogP contribution < -0.4 is 0 Å². The average molecular weight is 347 g/mol.